The summed E-state index contributed by atoms with van der Waals surface area (Å²) in [7, 11) is 3.28. The summed E-state index contributed by atoms with van der Waals surface area (Å²) in [5, 5.41) is 2.30. The van der Waals surface area contributed by atoms with Crippen molar-refractivity contribution in [3.8, 4) is 0 Å². The van der Waals surface area contributed by atoms with E-state index in [4.69, 9.17) is 9.69 Å². The topological polar surface area (TPSA) is 91.6 Å². The van der Waals surface area contributed by atoms with Crippen LogP contribution in [0.15, 0.2) is 23.0 Å². The molecule has 123 valence electrons. The van der Waals surface area contributed by atoms with Gasteiger partial charge in [-0.2, -0.15) is 0 Å². The summed E-state index contributed by atoms with van der Waals surface area (Å²) in [5.41, 5.74) is 2.08. The van der Waals surface area contributed by atoms with E-state index in [0.29, 0.717) is 18.5 Å². The monoisotopic (exact) mass is 328 g/mol. The molecule has 2 unspecified atom stereocenters. The molecule has 2 aromatic rings. The zero-order chi connectivity index (χ0) is 16.8. The highest BCUT2D eigenvalue weighted by atomic mass is 17.2. The van der Waals surface area contributed by atoms with Gasteiger partial charge >= 0.3 is 13.2 Å². The van der Waals surface area contributed by atoms with Crippen molar-refractivity contribution in [2.24, 2.45) is 7.05 Å². The first-order valence-electron chi connectivity index (χ1n) is 7.72. The third kappa shape index (κ3) is 2.28. The molecule has 1 radical (unpaired) electrons. The fourth-order valence-corrected chi connectivity index (χ4v) is 3.27. The van der Waals surface area contributed by atoms with Crippen LogP contribution in [0, 0.1) is 0 Å². The van der Waals surface area contributed by atoms with E-state index in [-0.39, 0.29) is 23.8 Å². The zero-order valence-electron chi connectivity index (χ0n) is 13.0. The summed E-state index contributed by atoms with van der Waals surface area (Å²) in [4.78, 5) is 45.8. The van der Waals surface area contributed by atoms with E-state index in [2.05, 4.69) is 5.32 Å². The summed E-state index contributed by atoms with van der Waals surface area (Å²) in [5.74, 6) is -0.733. The van der Waals surface area contributed by atoms with E-state index in [0.717, 1.165) is 11.1 Å². The molecule has 9 heteroatoms. The van der Waals surface area contributed by atoms with Gasteiger partial charge in [-0.25, -0.2) is 4.79 Å². The molecule has 0 spiro atoms. The molecule has 3 heterocycles. The van der Waals surface area contributed by atoms with Crippen LogP contribution in [0.4, 0.5) is 0 Å². The van der Waals surface area contributed by atoms with Gasteiger partial charge in [0.25, 0.3) is 0 Å². The van der Waals surface area contributed by atoms with Crippen LogP contribution in [0.2, 0.25) is 0 Å². The summed E-state index contributed by atoms with van der Waals surface area (Å²) in [6.07, 6.45) is 0.548. The van der Waals surface area contributed by atoms with E-state index < -0.39 is 11.9 Å². The third-order valence-electron chi connectivity index (χ3n) is 4.60. The first-order valence-corrected chi connectivity index (χ1v) is 7.72. The summed E-state index contributed by atoms with van der Waals surface area (Å²) in [6, 6.07) is 4.94. The van der Waals surface area contributed by atoms with Crippen LogP contribution in [-0.2, 0) is 26.3 Å². The van der Waals surface area contributed by atoms with Crippen LogP contribution in [0.3, 0.4) is 0 Å². The van der Waals surface area contributed by atoms with Crippen LogP contribution in [0.5, 0.6) is 0 Å². The Morgan fingerprint density at radius 2 is 2.08 bits per heavy atom. The minimum atomic E-state index is -0.672. The van der Waals surface area contributed by atoms with Gasteiger partial charge in [0.15, 0.2) is 0 Å². The number of carbonyl (C=O) groups excluding carboxylic acids is 2. The number of rotatable bonds is 2. The van der Waals surface area contributed by atoms with E-state index in [9.17, 15) is 14.4 Å². The van der Waals surface area contributed by atoms with Crippen molar-refractivity contribution in [3.05, 3.63) is 34.2 Å². The van der Waals surface area contributed by atoms with E-state index in [1.807, 2.05) is 18.2 Å². The Kier molecular flexibility index (Phi) is 3.54. The Hall–Kier alpha value is -2.39. The Balaban J connectivity index is 1.82. The lowest BCUT2D eigenvalue weighted by molar-refractivity contribution is -0.183. The average Bonchev–Trinajstić information content (AvgIpc) is 3.17. The quantitative estimate of drug-likeness (QED) is 0.474. The second-order valence-corrected chi connectivity index (χ2v) is 6.05. The molecular formula is C15H15BN3O5. The first-order chi connectivity index (χ1) is 11.6. The van der Waals surface area contributed by atoms with Crippen LogP contribution < -0.4 is 11.0 Å². The minimum Gasteiger partial charge on any atom is -0.310 e. The van der Waals surface area contributed by atoms with Crippen molar-refractivity contribution in [3.63, 3.8) is 0 Å². The number of amides is 2. The smallest absolute Gasteiger partial charge is 0.310 e. The maximum Gasteiger partial charge on any atom is 0.354 e. The molecule has 2 aliphatic rings. The molecule has 2 aliphatic heterocycles. The van der Waals surface area contributed by atoms with Gasteiger partial charge in [0, 0.05) is 19.3 Å². The molecule has 0 saturated carbocycles. The predicted octanol–water partition coefficient (Wildman–Crippen LogP) is -0.0602. The Bertz CT molecular complexity index is 896. The molecule has 2 amide bonds. The van der Waals surface area contributed by atoms with Crippen LogP contribution >= 0.6 is 0 Å². The van der Waals surface area contributed by atoms with Crippen LogP contribution in [-0.4, -0.2) is 35.0 Å². The highest BCUT2D eigenvalue weighted by molar-refractivity contribution is 6.30. The zero-order valence-corrected chi connectivity index (χ0v) is 13.0. The number of piperidine rings is 1. The highest BCUT2D eigenvalue weighted by Gasteiger charge is 2.31. The molecule has 1 aromatic heterocycles. The van der Waals surface area contributed by atoms with E-state index >= 15 is 0 Å². The van der Waals surface area contributed by atoms with E-state index in [1.54, 1.807) is 14.5 Å². The number of aryl methyl sites for hydroxylation is 1. The number of benzene rings is 1. The summed E-state index contributed by atoms with van der Waals surface area (Å²) in [6.45, 7) is 0.424. The molecule has 4 rings (SSSR count). The van der Waals surface area contributed by atoms with Gasteiger partial charge in [-0.05, 0) is 24.1 Å². The molecule has 8 nitrogen and oxygen atoms in total. The normalized spacial score (nSPS) is 24.2. The molecule has 2 saturated heterocycles. The maximum absolute atomic E-state index is 12.7. The van der Waals surface area contributed by atoms with Crippen molar-refractivity contribution >= 4 is 30.3 Å². The average molecular weight is 328 g/mol. The van der Waals surface area contributed by atoms with Gasteiger partial charge in [-0.3, -0.25) is 28.9 Å². The third-order valence-corrected chi connectivity index (χ3v) is 4.60. The van der Waals surface area contributed by atoms with Gasteiger partial charge in [0.05, 0.1) is 17.6 Å². The molecule has 2 atom stereocenters. The molecular weight excluding hydrogens is 313 g/mol. The summed E-state index contributed by atoms with van der Waals surface area (Å²) < 4.78 is 2.98. The fraction of sp³-hybridized carbons (Fsp3) is 0.400. The van der Waals surface area contributed by atoms with Crippen LogP contribution in [0.25, 0.3) is 11.0 Å². The number of hydrogen-bond donors (Lipinski definition) is 1. The van der Waals surface area contributed by atoms with Crippen LogP contribution in [0.1, 0.15) is 30.3 Å². The van der Waals surface area contributed by atoms with Gasteiger partial charge in [0.2, 0.25) is 11.8 Å². The molecule has 1 N–H and O–H groups in total. The highest BCUT2D eigenvalue weighted by Crippen LogP contribution is 2.27. The Labute approximate surface area is 137 Å². The van der Waals surface area contributed by atoms with Crippen molar-refractivity contribution in [1.29, 1.82) is 0 Å². The fourth-order valence-electron chi connectivity index (χ4n) is 3.27. The number of carbonyl (C=O) groups is 2. The second kappa shape index (κ2) is 5.61. The van der Waals surface area contributed by atoms with Crippen molar-refractivity contribution in [2.45, 2.75) is 24.7 Å². The standard InChI is InChI=1S/C15H15BN3O5/c1-18-12-6-8(9-7-23-24-16-9)2-3-10(12)19(15(18)22)11-4-5-13(20)17-14(11)21/h2-3,6,9,11H,4-5,7H2,1H3,(H,17,20,21). The number of nitrogens with one attached hydrogen (secondary N) is 1. The number of fused-ring (bicyclic) bond motifs is 1. The van der Waals surface area contributed by atoms with Crippen molar-refractivity contribution in [1.82, 2.24) is 14.5 Å². The van der Waals surface area contributed by atoms with Gasteiger partial charge in [0.1, 0.15) is 6.04 Å². The van der Waals surface area contributed by atoms with E-state index in [1.165, 1.54) is 9.13 Å². The molecule has 2 fully saturated rings. The lowest BCUT2D eigenvalue weighted by Gasteiger charge is -2.22. The van der Waals surface area contributed by atoms with Crippen molar-refractivity contribution < 1.29 is 19.3 Å². The van der Waals surface area contributed by atoms with Gasteiger partial charge in [-0.1, -0.05) is 6.07 Å². The Morgan fingerprint density at radius 3 is 2.79 bits per heavy atom. The maximum atomic E-state index is 12.7. The lowest BCUT2D eigenvalue weighted by atomic mass is 9.76. The summed E-state index contributed by atoms with van der Waals surface area (Å²) >= 11 is 0. The minimum absolute atomic E-state index is 0.00320. The first kappa shape index (κ1) is 15.2. The largest absolute Gasteiger partial charge is 0.354 e. The molecule has 0 aliphatic carbocycles. The van der Waals surface area contributed by atoms with Gasteiger partial charge < -0.3 is 4.81 Å². The Morgan fingerprint density at radius 1 is 1.25 bits per heavy atom. The SMILES string of the molecule is Cn1c(=O)n(C2CCC(=O)NC2=O)c2ccc(C3[B]OOC3)cc21. The lowest BCUT2D eigenvalue weighted by Crippen LogP contribution is -2.44. The number of imidazole rings is 1. The number of nitrogens with zero attached hydrogens (tertiary/aromatic N) is 2. The predicted molar refractivity (Wildman–Crippen MR) is 84.1 cm³/mol. The van der Waals surface area contributed by atoms with Crippen molar-refractivity contribution in [2.75, 3.05) is 6.61 Å². The molecule has 0 bridgehead atoms. The number of imide groups is 1. The molecule has 1 aromatic carbocycles. The number of aromatic nitrogens is 2. The number of hydrogen-bond acceptors (Lipinski definition) is 5. The van der Waals surface area contributed by atoms with Gasteiger partial charge in [-0.15, -0.1) is 0 Å². The molecule has 24 heavy (non-hydrogen) atoms. The second-order valence-electron chi connectivity index (χ2n) is 6.05.